The van der Waals surface area contributed by atoms with Gasteiger partial charge < -0.3 is 15.5 Å². The fraction of sp³-hybridized carbons (Fsp3) is 0.286. The molecular formula is C21H22ClN3O3. The minimum Gasteiger partial charge on any atom is -0.349 e. The lowest BCUT2D eigenvalue weighted by Crippen LogP contribution is -2.29. The predicted octanol–water partition coefficient (Wildman–Crippen LogP) is 3.67. The number of rotatable bonds is 6. The van der Waals surface area contributed by atoms with Crippen LogP contribution in [-0.4, -0.2) is 24.3 Å². The Balaban J connectivity index is 1.69. The molecule has 0 bridgehead atoms. The Morgan fingerprint density at radius 2 is 1.93 bits per heavy atom. The SMILES string of the molecule is CC(=O)N[C@H](CC(=O)Nc1cccc(N2CCCC2=O)c1)c1ccc(Cl)cc1. The molecule has 6 nitrogen and oxygen atoms in total. The molecule has 0 radical (unpaired) electrons. The highest BCUT2D eigenvalue weighted by Crippen LogP contribution is 2.25. The minimum absolute atomic E-state index is 0.0775. The van der Waals surface area contributed by atoms with E-state index in [1.165, 1.54) is 6.92 Å². The molecule has 1 heterocycles. The monoisotopic (exact) mass is 399 g/mol. The van der Waals surface area contributed by atoms with E-state index in [0.29, 0.717) is 23.7 Å². The number of carbonyl (C=O) groups excluding carboxylic acids is 3. The first kappa shape index (κ1) is 19.9. The second-order valence-corrected chi connectivity index (χ2v) is 7.19. The van der Waals surface area contributed by atoms with Crippen molar-refractivity contribution in [2.45, 2.75) is 32.2 Å². The van der Waals surface area contributed by atoms with Gasteiger partial charge in [-0.2, -0.15) is 0 Å². The number of anilines is 2. The van der Waals surface area contributed by atoms with Crippen molar-refractivity contribution in [2.24, 2.45) is 0 Å². The molecule has 0 aromatic heterocycles. The summed E-state index contributed by atoms with van der Waals surface area (Å²) < 4.78 is 0. The van der Waals surface area contributed by atoms with Gasteiger partial charge in [-0.3, -0.25) is 14.4 Å². The molecule has 0 spiro atoms. The molecule has 2 N–H and O–H groups in total. The molecule has 0 aliphatic carbocycles. The number of halogens is 1. The molecule has 28 heavy (non-hydrogen) atoms. The van der Waals surface area contributed by atoms with Crippen molar-refractivity contribution < 1.29 is 14.4 Å². The Bertz CT molecular complexity index is 883. The third kappa shape index (κ3) is 5.10. The van der Waals surface area contributed by atoms with E-state index >= 15 is 0 Å². The summed E-state index contributed by atoms with van der Waals surface area (Å²) in [5.41, 5.74) is 2.18. The van der Waals surface area contributed by atoms with E-state index in [0.717, 1.165) is 17.7 Å². The summed E-state index contributed by atoms with van der Waals surface area (Å²) in [5, 5.41) is 6.24. The number of hydrogen-bond acceptors (Lipinski definition) is 3. The maximum atomic E-state index is 12.6. The average Bonchev–Trinajstić information content (AvgIpc) is 3.07. The molecule has 2 aromatic carbocycles. The van der Waals surface area contributed by atoms with E-state index in [-0.39, 0.29) is 24.1 Å². The number of benzene rings is 2. The number of carbonyl (C=O) groups is 3. The summed E-state index contributed by atoms with van der Waals surface area (Å²) in [4.78, 5) is 37.8. The lowest BCUT2D eigenvalue weighted by atomic mass is 10.0. The second-order valence-electron chi connectivity index (χ2n) is 6.76. The molecular weight excluding hydrogens is 378 g/mol. The summed E-state index contributed by atoms with van der Waals surface area (Å²) in [6, 6.07) is 13.8. The van der Waals surface area contributed by atoms with Crippen LogP contribution in [-0.2, 0) is 14.4 Å². The largest absolute Gasteiger partial charge is 0.349 e. The molecule has 1 aliphatic rings. The zero-order valence-electron chi connectivity index (χ0n) is 15.6. The van der Waals surface area contributed by atoms with Crippen LogP contribution < -0.4 is 15.5 Å². The van der Waals surface area contributed by atoms with Crippen molar-refractivity contribution in [3.05, 3.63) is 59.1 Å². The molecule has 3 amide bonds. The molecule has 7 heteroatoms. The standard InChI is InChI=1S/C21H22ClN3O3/c1-14(26)23-19(15-7-9-16(22)10-8-15)13-20(27)24-17-4-2-5-18(12-17)25-11-3-6-21(25)28/h2,4-5,7-10,12,19H,3,6,11,13H2,1H3,(H,23,26)(H,24,27)/t19-/m1/s1. The fourth-order valence-electron chi connectivity index (χ4n) is 3.26. The number of nitrogens with one attached hydrogen (secondary N) is 2. The van der Waals surface area contributed by atoms with E-state index in [1.54, 1.807) is 47.4 Å². The lowest BCUT2D eigenvalue weighted by molar-refractivity contribution is -0.120. The predicted molar refractivity (Wildman–Crippen MR) is 109 cm³/mol. The molecule has 1 atom stereocenters. The highest BCUT2D eigenvalue weighted by Gasteiger charge is 2.22. The maximum absolute atomic E-state index is 12.6. The van der Waals surface area contributed by atoms with Gasteiger partial charge in [-0.05, 0) is 42.3 Å². The van der Waals surface area contributed by atoms with Crippen molar-refractivity contribution >= 4 is 40.7 Å². The zero-order valence-corrected chi connectivity index (χ0v) is 16.3. The van der Waals surface area contributed by atoms with Crippen molar-refractivity contribution in [3.63, 3.8) is 0 Å². The van der Waals surface area contributed by atoms with Crippen LogP contribution in [0.1, 0.15) is 37.8 Å². The molecule has 3 rings (SSSR count). The molecule has 1 saturated heterocycles. The van der Waals surface area contributed by atoms with Gasteiger partial charge in [-0.1, -0.05) is 29.8 Å². The highest BCUT2D eigenvalue weighted by molar-refractivity contribution is 6.30. The van der Waals surface area contributed by atoms with Crippen molar-refractivity contribution in [2.75, 3.05) is 16.8 Å². The van der Waals surface area contributed by atoms with Crippen molar-refractivity contribution in [1.29, 1.82) is 0 Å². The molecule has 1 aliphatic heterocycles. The van der Waals surface area contributed by atoms with E-state index in [4.69, 9.17) is 11.6 Å². The first-order valence-corrected chi connectivity index (χ1v) is 9.53. The first-order chi connectivity index (χ1) is 13.4. The normalized spacial score (nSPS) is 14.6. The Labute approximate surface area is 168 Å². The molecule has 2 aromatic rings. The Hall–Kier alpha value is -2.86. The molecule has 1 fully saturated rings. The van der Waals surface area contributed by atoms with Crippen LogP contribution in [0.5, 0.6) is 0 Å². The van der Waals surface area contributed by atoms with Crippen LogP contribution in [0.4, 0.5) is 11.4 Å². The van der Waals surface area contributed by atoms with Crippen LogP contribution in [0, 0.1) is 0 Å². The minimum atomic E-state index is -0.460. The van der Waals surface area contributed by atoms with Gasteiger partial charge in [0, 0.05) is 36.3 Å². The van der Waals surface area contributed by atoms with Crippen LogP contribution in [0.2, 0.25) is 5.02 Å². The van der Waals surface area contributed by atoms with E-state index in [1.807, 2.05) is 6.07 Å². The summed E-state index contributed by atoms with van der Waals surface area (Å²) in [6.07, 6.45) is 1.47. The summed E-state index contributed by atoms with van der Waals surface area (Å²) in [5.74, 6) is -0.363. The first-order valence-electron chi connectivity index (χ1n) is 9.15. The molecule has 146 valence electrons. The van der Waals surface area contributed by atoms with Crippen molar-refractivity contribution in [1.82, 2.24) is 5.32 Å². The smallest absolute Gasteiger partial charge is 0.227 e. The van der Waals surface area contributed by atoms with Crippen molar-refractivity contribution in [3.8, 4) is 0 Å². The average molecular weight is 400 g/mol. The van der Waals surface area contributed by atoms with Gasteiger partial charge in [0.1, 0.15) is 0 Å². The highest BCUT2D eigenvalue weighted by atomic mass is 35.5. The maximum Gasteiger partial charge on any atom is 0.227 e. The number of hydrogen-bond donors (Lipinski definition) is 2. The Kier molecular flexibility index (Phi) is 6.31. The summed E-state index contributed by atoms with van der Waals surface area (Å²) in [6.45, 7) is 2.11. The summed E-state index contributed by atoms with van der Waals surface area (Å²) in [7, 11) is 0. The van der Waals surface area contributed by atoms with Gasteiger partial charge in [0.15, 0.2) is 0 Å². The third-order valence-electron chi connectivity index (χ3n) is 4.55. The van der Waals surface area contributed by atoms with Gasteiger partial charge in [0.2, 0.25) is 17.7 Å². The topological polar surface area (TPSA) is 78.5 Å². The number of nitrogens with zero attached hydrogens (tertiary/aromatic N) is 1. The van der Waals surface area contributed by atoms with Crippen LogP contribution >= 0.6 is 11.6 Å². The summed E-state index contributed by atoms with van der Waals surface area (Å²) >= 11 is 5.92. The van der Waals surface area contributed by atoms with Gasteiger partial charge in [0.05, 0.1) is 12.5 Å². The van der Waals surface area contributed by atoms with Crippen LogP contribution in [0.15, 0.2) is 48.5 Å². The van der Waals surface area contributed by atoms with E-state index < -0.39 is 6.04 Å². The van der Waals surface area contributed by atoms with Crippen LogP contribution in [0.25, 0.3) is 0 Å². The van der Waals surface area contributed by atoms with Crippen LogP contribution in [0.3, 0.4) is 0 Å². The second kappa shape index (κ2) is 8.89. The van der Waals surface area contributed by atoms with E-state index in [2.05, 4.69) is 10.6 Å². The Morgan fingerprint density at radius 1 is 1.18 bits per heavy atom. The Morgan fingerprint density at radius 3 is 2.57 bits per heavy atom. The fourth-order valence-corrected chi connectivity index (χ4v) is 3.39. The van der Waals surface area contributed by atoms with Gasteiger partial charge in [-0.25, -0.2) is 0 Å². The van der Waals surface area contributed by atoms with E-state index in [9.17, 15) is 14.4 Å². The molecule has 0 unspecified atom stereocenters. The quantitative estimate of drug-likeness (QED) is 0.777. The van der Waals surface area contributed by atoms with Gasteiger partial charge in [0.25, 0.3) is 0 Å². The number of amides is 3. The zero-order chi connectivity index (χ0) is 20.1. The molecule has 0 saturated carbocycles. The van der Waals surface area contributed by atoms with Gasteiger partial charge in [-0.15, -0.1) is 0 Å². The lowest BCUT2D eigenvalue weighted by Gasteiger charge is -2.19. The third-order valence-corrected chi connectivity index (χ3v) is 4.81. The van der Waals surface area contributed by atoms with Gasteiger partial charge >= 0.3 is 0 Å².